The molecule has 2 aromatic rings. The Hall–Kier alpha value is -3.26. The van der Waals surface area contributed by atoms with Gasteiger partial charge < -0.3 is 15.5 Å². The molecule has 0 spiro atoms. The van der Waals surface area contributed by atoms with Crippen molar-refractivity contribution in [3.63, 3.8) is 0 Å². The lowest BCUT2D eigenvalue weighted by Gasteiger charge is -2.28. The number of piperidine rings is 1. The van der Waals surface area contributed by atoms with Crippen molar-refractivity contribution in [1.29, 1.82) is 0 Å². The monoisotopic (exact) mass is 382 g/mol. The predicted octanol–water partition coefficient (Wildman–Crippen LogP) is 3.76. The molecule has 1 aliphatic rings. The second-order valence-electron chi connectivity index (χ2n) is 6.88. The first-order valence-electron chi connectivity index (χ1n) is 9.08. The fraction of sp³-hybridized carbons (Fsp3) is 0.300. The summed E-state index contributed by atoms with van der Waals surface area (Å²) in [5.74, 6) is 0.0723. The molecule has 3 rings (SSSR count). The summed E-state index contributed by atoms with van der Waals surface area (Å²) < 4.78 is 0. The highest BCUT2D eigenvalue weighted by molar-refractivity contribution is 6.03. The summed E-state index contributed by atoms with van der Waals surface area (Å²) in [5, 5.41) is 16.1. The summed E-state index contributed by atoms with van der Waals surface area (Å²) in [6, 6.07) is 12.0. The van der Waals surface area contributed by atoms with Crippen LogP contribution in [0.25, 0.3) is 0 Å². The zero-order valence-electron chi connectivity index (χ0n) is 15.6. The quantitative estimate of drug-likeness (QED) is 0.465. The number of nitrogens with zero attached hydrogens (tertiary/aromatic N) is 2. The molecular formula is C20H22N4O4. The van der Waals surface area contributed by atoms with Crippen LogP contribution in [-0.2, 0) is 0 Å². The number of nitro benzene ring substituents is 1. The van der Waals surface area contributed by atoms with Crippen molar-refractivity contribution in [3.05, 3.63) is 64.2 Å². The van der Waals surface area contributed by atoms with Crippen molar-refractivity contribution in [3.8, 4) is 0 Å². The molecular weight excluding hydrogens is 360 g/mol. The molecule has 1 fully saturated rings. The van der Waals surface area contributed by atoms with Crippen molar-refractivity contribution >= 4 is 28.9 Å². The maximum atomic E-state index is 12.7. The lowest BCUT2D eigenvalue weighted by Crippen LogP contribution is -2.33. The van der Waals surface area contributed by atoms with E-state index in [1.54, 1.807) is 30.3 Å². The van der Waals surface area contributed by atoms with Crippen LogP contribution in [0.1, 0.15) is 23.2 Å². The third-order valence-corrected chi connectivity index (χ3v) is 4.84. The third kappa shape index (κ3) is 4.72. The number of hydrogen-bond donors (Lipinski definition) is 2. The largest absolute Gasteiger partial charge is 0.323 e. The summed E-state index contributed by atoms with van der Waals surface area (Å²) in [4.78, 5) is 37.7. The van der Waals surface area contributed by atoms with E-state index in [1.165, 1.54) is 18.2 Å². The minimum absolute atomic E-state index is 0.00718. The fourth-order valence-electron chi connectivity index (χ4n) is 3.28. The van der Waals surface area contributed by atoms with Gasteiger partial charge in [-0.25, -0.2) is 4.79 Å². The smallest absolute Gasteiger partial charge is 0.308 e. The Morgan fingerprint density at radius 2 is 1.79 bits per heavy atom. The summed E-state index contributed by atoms with van der Waals surface area (Å²) in [6.45, 7) is 1.79. The third-order valence-electron chi connectivity index (χ3n) is 4.84. The van der Waals surface area contributed by atoms with E-state index in [-0.39, 0.29) is 23.1 Å². The maximum absolute atomic E-state index is 12.7. The Morgan fingerprint density at radius 1 is 1.07 bits per heavy atom. The zero-order chi connectivity index (χ0) is 20.1. The molecule has 28 heavy (non-hydrogen) atoms. The van der Waals surface area contributed by atoms with Gasteiger partial charge >= 0.3 is 6.03 Å². The molecule has 1 heterocycles. The number of nitro groups is 1. The number of urea groups is 1. The predicted molar refractivity (Wildman–Crippen MR) is 107 cm³/mol. The van der Waals surface area contributed by atoms with E-state index >= 15 is 0 Å². The lowest BCUT2D eigenvalue weighted by atomic mass is 9.89. The van der Waals surface area contributed by atoms with Gasteiger partial charge in [0.2, 0.25) is 0 Å². The molecule has 2 N–H and O–H groups in total. The molecule has 8 nitrogen and oxygen atoms in total. The van der Waals surface area contributed by atoms with Gasteiger partial charge in [-0.2, -0.15) is 0 Å². The lowest BCUT2D eigenvalue weighted by molar-refractivity contribution is -0.383. The van der Waals surface area contributed by atoms with Gasteiger partial charge in [0, 0.05) is 23.2 Å². The fourth-order valence-corrected chi connectivity index (χ4v) is 3.28. The Balaban J connectivity index is 1.67. The highest BCUT2D eigenvalue weighted by atomic mass is 16.6. The number of anilines is 2. The summed E-state index contributed by atoms with van der Waals surface area (Å²) in [5.41, 5.74) is 0.917. The van der Waals surface area contributed by atoms with Gasteiger partial charge in [-0.1, -0.05) is 24.3 Å². The van der Waals surface area contributed by atoms with Gasteiger partial charge in [-0.15, -0.1) is 0 Å². The van der Waals surface area contributed by atoms with E-state index in [9.17, 15) is 19.7 Å². The normalized spacial score (nSPS) is 15.0. The minimum atomic E-state index is -0.613. The molecule has 0 atom stereocenters. The molecule has 2 aromatic carbocycles. The highest BCUT2D eigenvalue weighted by Gasteiger charge is 2.24. The van der Waals surface area contributed by atoms with Crippen molar-refractivity contribution < 1.29 is 14.5 Å². The zero-order valence-corrected chi connectivity index (χ0v) is 15.6. The summed E-state index contributed by atoms with van der Waals surface area (Å²) in [6.07, 6.45) is 1.65. The van der Waals surface area contributed by atoms with E-state index in [1.807, 2.05) is 7.05 Å². The van der Waals surface area contributed by atoms with Crippen LogP contribution in [0.15, 0.2) is 48.5 Å². The highest BCUT2D eigenvalue weighted by Crippen LogP contribution is 2.24. The van der Waals surface area contributed by atoms with Crippen LogP contribution in [-0.4, -0.2) is 41.8 Å². The Bertz CT molecular complexity index is 891. The second-order valence-corrected chi connectivity index (χ2v) is 6.88. The van der Waals surface area contributed by atoms with Gasteiger partial charge in [0.1, 0.15) is 5.69 Å². The molecule has 2 amide bonds. The molecule has 0 aromatic heterocycles. The molecule has 0 aliphatic carbocycles. The summed E-state index contributed by atoms with van der Waals surface area (Å²) in [7, 11) is 2.04. The van der Waals surface area contributed by atoms with Crippen LogP contribution in [0.5, 0.6) is 0 Å². The van der Waals surface area contributed by atoms with Crippen molar-refractivity contribution in [2.75, 3.05) is 30.8 Å². The van der Waals surface area contributed by atoms with Crippen molar-refractivity contribution in [1.82, 2.24) is 4.90 Å². The molecule has 0 radical (unpaired) electrons. The van der Waals surface area contributed by atoms with Crippen molar-refractivity contribution in [2.45, 2.75) is 12.8 Å². The van der Waals surface area contributed by atoms with Crippen LogP contribution in [0, 0.1) is 16.0 Å². The number of amides is 2. The molecule has 8 heteroatoms. The van der Waals surface area contributed by atoms with Gasteiger partial charge in [-0.05, 0) is 51.2 Å². The Morgan fingerprint density at radius 3 is 2.50 bits per heavy atom. The van der Waals surface area contributed by atoms with Crippen LogP contribution in [0.4, 0.5) is 21.9 Å². The SMILES string of the molecule is CN1CCC(C(=O)c2cccc(NC(=O)Nc3ccccc3[N+](=O)[O-])c2)CC1. The summed E-state index contributed by atoms with van der Waals surface area (Å²) >= 11 is 0. The average molecular weight is 382 g/mol. The van der Waals surface area contributed by atoms with E-state index in [4.69, 9.17) is 0 Å². The molecule has 0 saturated carbocycles. The number of rotatable bonds is 5. The minimum Gasteiger partial charge on any atom is -0.308 e. The number of carbonyl (C=O) groups excluding carboxylic acids is 2. The number of likely N-dealkylation sites (tertiary alicyclic amines) is 1. The van der Waals surface area contributed by atoms with Crippen LogP contribution < -0.4 is 10.6 Å². The first-order valence-corrected chi connectivity index (χ1v) is 9.08. The van der Waals surface area contributed by atoms with Gasteiger partial charge in [0.15, 0.2) is 5.78 Å². The second kappa shape index (κ2) is 8.62. The van der Waals surface area contributed by atoms with Crippen LogP contribution in [0.2, 0.25) is 0 Å². The van der Waals surface area contributed by atoms with Gasteiger partial charge in [0.05, 0.1) is 4.92 Å². The first-order chi connectivity index (χ1) is 13.4. The number of Topliss-reactive ketones (excluding diaryl/α,β-unsaturated/α-hetero) is 1. The number of hydrogen-bond acceptors (Lipinski definition) is 5. The Kier molecular flexibility index (Phi) is 6.00. The van der Waals surface area contributed by atoms with E-state index in [0.29, 0.717) is 11.3 Å². The average Bonchev–Trinajstić information content (AvgIpc) is 2.68. The Labute approximate surface area is 162 Å². The molecule has 0 unspecified atom stereocenters. The van der Waals surface area contributed by atoms with Gasteiger partial charge in [0.25, 0.3) is 5.69 Å². The van der Waals surface area contributed by atoms with Gasteiger partial charge in [-0.3, -0.25) is 14.9 Å². The number of para-hydroxylation sites is 2. The molecule has 146 valence electrons. The molecule has 1 saturated heterocycles. The standard InChI is InChI=1S/C20H22N4O4/c1-23-11-9-14(10-12-23)19(25)15-5-4-6-16(13-15)21-20(26)22-17-7-2-3-8-18(17)24(27)28/h2-8,13-14H,9-12H2,1H3,(H2,21,22,26). The van der Waals surface area contributed by atoms with Crippen LogP contribution >= 0.6 is 0 Å². The number of carbonyl (C=O) groups is 2. The van der Waals surface area contributed by atoms with E-state index in [0.717, 1.165) is 25.9 Å². The number of ketones is 1. The number of benzene rings is 2. The van der Waals surface area contributed by atoms with E-state index in [2.05, 4.69) is 15.5 Å². The molecule has 1 aliphatic heterocycles. The number of nitrogens with one attached hydrogen (secondary N) is 2. The van der Waals surface area contributed by atoms with Crippen molar-refractivity contribution in [2.24, 2.45) is 5.92 Å². The molecule has 0 bridgehead atoms. The van der Waals surface area contributed by atoms with Crippen LogP contribution in [0.3, 0.4) is 0 Å². The first kappa shape index (κ1) is 19.5. The topological polar surface area (TPSA) is 105 Å². The maximum Gasteiger partial charge on any atom is 0.323 e. The van der Waals surface area contributed by atoms with E-state index < -0.39 is 11.0 Å².